The van der Waals surface area contributed by atoms with Gasteiger partial charge in [0.25, 0.3) is 0 Å². The average molecular weight is 150 g/mol. The summed E-state index contributed by atoms with van der Waals surface area (Å²) in [5.74, 6) is 0.933. The molecule has 2 aliphatic rings. The van der Waals surface area contributed by atoms with Crippen molar-refractivity contribution in [3.05, 3.63) is 0 Å². The molecule has 2 fully saturated rings. The van der Waals surface area contributed by atoms with Crippen LogP contribution in [0.15, 0.2) is 0 Å². The summed E-state index contributed by atoms with van der Waals surface area (Å²) in [6.07, 6.45) is 2.65. The molecule has 0 spiro atoms. The zero-order valence-electron chi connectivity index (χ0n) is 7.17. The van der Waals surface area contributed by atoms with Crippen LogP contribution in [0.1, 0.15) is 26.7 Å². The zero-order valence-corrected chi connectivity index (χ0v) is 7.17. The Bertz CT molecular complexity index is 214. The fourth-order valence-corrected chi connectivity index (χ4v) is 2.15. The smallest absolute Gasteiger partial charge is 0.103 e. The molecule has 60 valence electrons. The van der Waals surface area contributed by atoms with Gasteiger partial charge in [-0.05, 0) is 32.6 Å². The standard InChI is InChI=1S/C9H14N2/c1-9(2,6-10)11-4-3-7-5-8(7)11/h7-8H,3-5H2,1-2H3. The zero-order chi connectivity index (χ0) is 8.06. The maximum Gasteiger partial charge on any atom is 0.103 e. The van der Waals surface area contributed by atoms with Gasteiger partial charge < -0.3 is 0 Å². The Labute approximate surface area is 67.8 Å². The van der Waals surface area contributed by atoms with Crippen molar-refractivity contribution in [2.45, 2.75) is 38.3 Å². The molecule has 0 bridgehead atoms. The lowest BCUT2D eigenvalue weighted by Gasteiger charge is -2.30. The number of hydrogen-bond donors (Lipinski definition) is 0. The largest absolute Gasteiger partial charge is 0.283 e. The third-order valence-electron chi connectivity index (χ3n) is 3.02. The highest BCUT2D eigenvalue weighted by Crippen LogP contribution is 2.47. The van der Waals surface area contributed by atoms with Crippen LogP contribution in [0.5, 0.6) is 0 Å². The first-order chi connectivity index (χ1) is 5.15. The van der Waals surface area contributed by atoms with Gasteiger partial charge >= 0.3 is 0 Å². The highest BCUT2D eigenvalue weighted by Gasteiger charge is 2.51. The third kappa shape index (κ3) is 0.954. The van der Waals surface area contributed by atoms with Crippen molar-refractivity contribution >= 4 is 0 Å². The first-order valence-electron chi connectivity index (χ1n) is 4.33. The third-order valence-corrected chi connectivity index (χ3v) is 3.02. The minimum Gasteiger partial charge on any atom is -0.283 e. The minimum absolute atomic E-state index is 0.226. The van der Waals surface area contributed by atoms with E-state index in [2.05, 4.69) is 11.0 Å². The number of hydrogen-bond acceptors (Lipinski definition) is 2. The van der Waals surface area contributed by atoms with E-state index in [-0.39, 0.29) is 5.54 Å². The first kappa shape index (κ1) is 7.12. The molecule has 0 amide bonds. The number of fused-ring (bicyclic) bond motifs is 1. The predicted molar refractivity (Wildman–Crippen MR) is 42.9 cm³/mol. The lowest BCUT2D eigenvalue weighted by molar-refractivity contribution is 0.183. The number of nitrogens with zero attached hydrogens (tertiary/aromatic N) is 2. The summed E-state index contributed by atoms with van der Waals surface area (Å²) in [4.78, 5) is 2.36. The molecule has 2 heteroatoms. The SMILES string of the molecule is CC(C)(C#N)N1CCC2CC21. The van der Waals surface area contributed by atoms with Gasteiger partial charge in [-0.15, -0.1) is 0 Å². The van der Waals surface area contributed by atoms with Crippen molar-refractivity contribution in [2.75, 3.05) is 6.54 Å². The second-order valence-corrected chi connectivity index (χ2v) is 4.22. The van der Waals surface area contributed by atoms with Crippen molar-refractivity contribution < 1.29 is 0 Å². The quantitative estimate of drug-likeness (QED) is 0.564. The van der Waals surface area contributed by atoms with Crippen LogP contribution in [-0.2, 0) is 0 Å². The molecule has 1 saturated heterocycles. The van der Waals surface area contributed by atoms with Gasteiger partial charge in [-0.25, -0.2) is 0 Å². The van der Waals surface area contributed by atoms with Gasteiger partial charge in [0, 0.05) is 12.6 Å². The molecular weight excluding hydrogens is 136 g/mol. The van der Waals surface area contributed by atoms with E-state index in [0.717, 1.165) is 18.5 Å². The van der Waals surface area contributed by atoms with E-state index in [1.54, 1.807) is 0 Å². The van der Waals surface area contributed by atoms with E-state index in [0.29, 0.717) is 0 Å². The van der Waals surface area contributed by atoms with Crippen molar-refractivity contribution in [2.24, 2.45) is 5.92 Å². The molecule has 2 nitrogen and oxygen atoms in total. The summed E-state index contributed by atoms with van der Waals surface area (Å²) < 4.78 is 0. The highest BCUT2D eigenvalue weighted by atomic mass is 15.3. The lowest BCUT2D eigenvalue weighted by atomic mass is 10.1. The number of rotatable bonds is 1. The Kier molecular flexibility index (Phi) is 1.28. The van der Waals surface area contributed by atoms with Crippen LogP contribution in [0.25, 0.3) is 0 Å². The van der Waals surface area contributed by atoms with Crippen molar-refractivity contribution in [3.63, 3.8) is 0 Å². The molecule has 0 radical (unpaired) electrons. The van der Waals surface area contributed by atoms with Crippen LogP contribution in [-0.4, -0.2) is 23.0 Å². The van der Waals surface area contributed by atoms with Crippen LogP contribution >= 0.6 is 0 Å². The van der Waals surface area contributed by atoms with Crippen LogP contribution in [0.4, 0.5) is 0 Å². The van der Waals surface area contributed by atoms with Gasteiger partial charge in [0.05, 0.1) is 6.07 Å². The topological polar surface area (TPSA) is 27.0 Å². The van der Waals surface area contributed by atoms with E-state index in [1.165, 1.54) is 12.8 Å². The average Bonchev–Trinajstić information content (AvgIpc) is 2.62. The fourth-order valence-electron chi connectivity index (χ4n) is 2.15. The van der Waals surface area contributed by atoms with Gasteiger partial charge in [-0.1, -0.05) is 0 Å². The number of piperidine rings is 1. The monoisotopic (exact) mass is 150 g/mol. The molecule has 1 heterocycles. The van der Waals surface area contributed by atoms with Gasteiger partial charge in [0.1, 0.15) is 5.54 Å². The molecule has 1 aliphatic carbocycles. The Hall–Kier alpha value is -0.550. The van der Waals surface area contributed by atoms with E-state index in [1.807, 2.05) is 13.8 Å². The van der Waals surface area contributed by atoms with Crippen LogP contribution < -0.4 is 0 Å². The van der Waals surface area contributed by atoms with Gasteiger partial charge in [-0.2, -0.15) is 5.26 Å². The molecule has 0 N–H and O–H groups in total. The lowest BCUT2D eigenvalue weighted by Crippen LogP contribution is -2.42. The first-order valence-corrected chi connectivity index (χ1v) is 4.33. The normalized spacial score (nSPS) is 36.5. The molecule has 1 saturated carbocycles. The van der Waals surface area contributed by atoms with E-state index in [4.69, 9.17) is 5.26 Å². The molecule has 0 aromatic rings. The molecule has 1 aliphatic heterocycles. The Morgan fingerprint density at radius 2 is 2.27 bits per heavy atom. The van der Waals surface area contributed by atoms with Crippen LogP contribution in [0.2, 0.25) is 0 Å². The number of likely N-dealkylation sites (tertiary alicyclic amines) is 1. The van der Waals surface area contributed by atoms with Crippen molar-refractivity contribution in [3.8, 4) is 6.07 Å². The fraction of sp³-hybridized carbons (Fsp3) is 0.889. The van der Waals surface area contributed by atoms with Crippen molar-refractivity contribution in [1.29, 1.82) is 5.26 Å². The molecule has 0 aromatic carbocycles. The Morgan fingerprint density at radius 1 is 1.55 bits per heavy atom. The maximum atomic E-state index is 8.90. The summed E-state index contributed by atoms with van der Waals surface area (Å²) in [6, 6.07) is 3.12. The van der Waals surface area contributed by atoms with E-state index < -0.39 is 0 Å². The second-order valence-electron chi connectivity index (χ2n) is 4.22. The summed E-state index contributed by atoms with van der Waals surface area (Å²) in [6.45, 7) is 5.18. The Morgan fingerprint density at radius 3 is 2.64 bits per heavy atom. The van der Waals surface area contributed by atoms with Gasteiger partial charge in [0.15, 0.2) is 0 Å². The summed E-state index contributed by atoms with van der Waals surface area (Å²) in [5.41, 5.74) is -0.226. The highest BCUT2D eigenvalue weighted by molar-refractivity contribution is 5.12. The number of nitriles is 1. The summed E-state index contributed by atoms with van der Waals surface area (Å²) in [5, 5.41) is 8.90. The van der Waals surface area contributed by atoms with Gasteiger partial charge in [0.2, 0.25) is 0 Å². The minimum atomic E-state index is -0.226. The molecule has 2 unspecified atom stereocenters. The Balaban J connectivity index is 2.11. The summed E-state index contributed by atoms with van der Waals surface area (Å²) in [7, 11) is 0. The molecule has 11 heavy (non-hydrogen) atoms. The maximum absolute atomic E-state index is 8.90. The van der Waals surface area contributed by atoms with E-state index >= 15 is 0 Å². The van der Waals surface area contributed by atoms with Crippen LogP contribution in [0, 0.1) is 17.2 Å². The molecular formula is C9H14N2. The molecule has 2 atom stereocenters. The predicted octanol–water partition coefficient (Wildman–Crippen LogP) is 1.38. The molecule has 0 aromatic heterocycles. The summed E-state index contributed by atoms with van der Waals surface area (Å²) >= 11 is 0. The van der Waals surface area contributed by atoms with Gasteiger partial charge in [-0.3, -0.25) is 4.90 Å². The van der Waals surface area contributed by atoms with Crippen LogP contribution in [0.3, 0.4) is 0 Å². The molecule has 2 rings (SSSR count). The second kappa shape index (κ2) is 1.98. The van der Waals surface area contributed by atoms with E-state index in [9.17, 15) is 0 Å². The van der Waals surface area contributed by atoms with Crippen molar-refractivity contribution in [1.82, 2.24) is 4.90 Å².